The third-order valence-electron chi connectivity index (χ3n) is 19.7. The number of amides is 4. The molecule has 24 heteroatoms. The molecule has 0 saturated carbocycles. The first-order valence-corrected chi connectivity index (χ1v) is 39.8. The van der Waals surface area contributed by atoms with Gasteiger partial charge in [0.05, 0.1) is 63.8 Å². The molecule has 0 radical (unpaired) electrons. The fraction of sp³-hybridized carbons (Fsp3) is 0.947. The molecule has 0 aliphatic carbocycles. The van der Waals surface area contributed by atoms with Gasteiger partial charge in [-0.2, -0.15) is 0 Å². The predicted molar refractivity (Wildman–Crippen MR) is 388 cm³/mol. The lowest BCUT2D eigenvalue weighted by molar-refractivity contribution is -0.303. The van der Waals surface area contributed by atoms with Crippen LogP contribution in [0.2, 0.25) is 0 Å². The second-order valence-corrected chi connectivity index (χ2v) is 28.8. The topological polar surface area (TPSA) is 378 Å². The van der Waals surface area contributed by atoms with Crippen molar-refractivity contribution in [1.82, 2.24) is 20.4 Å². The Morgan fingerprint density at radius 2 is 0.600 bits per heavy atom. The number of ether oxygens (including phenoxy) is 4. The van der Waals surface area contributed by atoms with Crippen LogP contribution in [-0.2, 0) is 38.1 Å². The number of aliphatic hydroxyl groups excluding tert-OH is 12. The van der Waals surface area contributed by atoms with Crippen LogP contribution in [-0.4, -0.2) is 246 Å². The molecule has 0 spiro atoms. The van der Waals surface area contributed by atoms with Crippen LogP contribution in [0.5, 0.6) is 0 Å². The molecule has 2 aliphatic heterocycles. The van der Waals surface area contributed by atoms with E-state index >= 15 is 0 Å². The Bertz CT molecular complexity index is 1970. The molecule has 4 amide bonds. The van der Waals surface area contributed by atoms with E-state index in [1.807, 2.05) is 0 Å². The van der Waals surface area contributed by atoms with Gasteiger partial charge in [0.15, 0.2) is 12.6 Å². The van der Waals surface area contributed by atoms with Gasteiger partial charge in [-0.05, 0) is 25.7 Å². The predicted octanol–water partition coefficient (Wildman–Crippen LogP) is 8.18. The molecule has 2 saturated heterocycles. The highest BCUT2D eigenvalue weighted by Crippen LogP contribution is 2.26. The number of rotatable bonds is 62. The largest absolute Gasteiger partial charge is 0.394 e. The zero-order chi connectivity index (χ0) is 74.3. The first kappa shape index (κ1) is 95.3. The molecule has 2 rings (SSSR count). The Labute approximate surface area is 602 Å². The number of carbonyl (C=O) groups is 4. The van der Waals surface area contributed by atoms with Crippen LogP contribution in [0.3, 0.4) is 0 Å². The van der Waals surface area contributed by atoms with E-state index in [0.717, 1.165) is 83.5 Å². The average molecular weight is 1440 g/mol. The van der Waals surface area contributed by atoms with Crippen LogP contribution in [0, 0.1) is 0 Å². The van der Waals surface area contributed by atoms with E-state index in [0.29, 0.717) is 38.5 Å². The molecule has 0 bridgehead atoms. The molecule has 0 aromatic rings. The number of nitrogens with zero attached hydrogens (tertiary/aromatic N) is 2. The second kappa shape index (κ2) is 61.4. The van der Waals surface area contributed by atoms with E-state index in [1.54, 1.807) is 7.05 Å². The molecule has 2 fully saturated rings. The SMILES string of the molecule is CCCCCCCCCCCCCCC[C@@H](O)[C@@H](O)[C@H](CO[C@H]1OC(CO)[C@H](O)C(O)[C@@H]1O)NC(=O)CN(C)C(=O)CCCCCC.CCCCCCCCCCCCCCC[C@@H](O)[C@@H](O)[C@H](CO[C@H]1OC(CO)[C@H](O)C(O)[C@@H]1O)NC(=O)CN(C)C(=O)CCCCCCCCCCCC. The standard InChI is InChI=1S/C41H80N2O10.C35H68N2O10/c1-4-6-8-10-12-14-16-17-18-19-21-23-25-27-33(45)37(48)32(31-52-41-40(51)39(50)38(49)34(30-44)53-41)42-35(46)29-43(3)36(47)28-26-24-22-20-15-13-11-9-7-5-2;1-4-6-8-10-11-12-13-14-15-16-17-18-19-21-27(39)31(42)26(25-46-35-34(45)33(44)32(43)28(24-38)47-35)36-29(40)23-37(3)30(41)22-20-9-7-5-2/h32-34,37-41,44-45,48-51H,4-31H2,1-3H3,(H,42,46);26-28,31-35,38-39,42-45H,4-25H2,1-3H3,(H,36,40)/t32-,33+,34?,37-,38-,39?,40-,41-;26-,27+,28?,31-,32-,33?,34-,35-/m00/s1. The van der Waals surface area contributed by atoms with Gasteiger partial charge in [0.25, 0.3) is 0 Å². The highest BCUT2D eigenvalue weighted by Gasteiger charge is 2.46. The Morgan fingerprint density at radius 3 is 0.860 bits per heavy atom. The third-order valence-corrected chi connectivity index (χ3v) is 19.7. The number of nitrogens with one attached hydrogen (secondary N) is 2. The van der Waals surface area contributed by atoms with Crippen LogP contribution in [0.1, 0.15) is 310 Å². The van der Waals surface area contributed by atoms with Gasteiger partial charge in [-0.25, -0.2) is 0 Å². The summed E-state index contributed by atoms with van der Waals surface area (Å²) in [5, 5.41) is 129. The molecule has 14 N–H and O–H groups in total. The number of unbranched alkanes of at least 4 members (excludes halogenated alkanes) is 36. The monoisotopic (exact) mass is 1440 g/mol. The summed E-state index contributed by atoms with van der Waals surface area (Å²) in [4.78, 5) is 53.9. The third kappa shape index (κ3) is 43.6. The first-order chi connectivity index (χ1) is 48.1. The van der Waals surface area contributed by atoms with Crippen molar-refractivity contribution in [2.45, 2.75) is 408 Å². The number of hydrogen-bond donors (Lipinski definition) is 14. The van der Waals surface area contributed by atoms with Crippen LogP contribution in [0.4, 0.5) is 0 Å². The van der Waals surface area contributed by atoms with Gasteiger partial charge in [-0.3, -0.25) is 19.2 Å². The lowest BCUT2D eigenvalue weighted by Gasteiger charge is -2.40. The molecule has 592 valence electrons. The van der Waals surface area contributed by atoms with E-state index in [4.69, 9.17) is 18.9 Å². The number of hydrogen-bond acceptors (Lipinski definition) is 20. The van der Waals surface area contributed by atoms with Crippen molar-refractivity contribution in [2.75, 3.05) is 53.6 Å². The van der Waals surface area contributed by atoms with Crippen molar-refractivity contribution in [3.63, 3.8) is 0 Å². The Hall–Kier alpha value is -2.76. The quantitative estimate of drug-likeness (QED) is 0.0255. The van der Waals surface area contributed by atoms with Crippen molar-refractivity contribution in [3.05, 3.63) is 0 Å². The molecular weight excluding hydrogens is 1290 g/mol. The van der Waals surface area contributed by atoms with Crippen molar-refractivity contribution >= 4 is 23.6 Å². The molecule has 16 atom stereocenters. The zero-order valence-electron chi connectivity index (χ0n) is 63.1. The van der Waals surface area contributed by atoms with Gasteiger partial charge in [0, 0.05) is 26.9 Å². The zero-order valence-corrected chi connectivity index (χ0v) is 63.1. The second-order valence-electron chi connectivity index (χ2n) is 28.8. The Kier molecular flexibility index (Phi) is 58.5. The maximum atomic E-state index is 13.1. The molecule has 4 unspecified atom stereocenters. The minimum Gasteiger partial charge on any atom is -0.394 e. The molecule has 2 heterocycles. The van der Waals surface area contributed by atoms with Crippen LogP contribution < -0.4 is 10.6 Å². The first-order valence-electron chi connectivity index (χ1n) is 39.8. The Morgan fingerprint density at radius 1 is 0.360 bits per heavy atom. The van der Waals surface area contributed by atoms with E-state index in [9.17, 15) is 80.5 Å². The number of likely N-dealkylation sites (N-methyl/N-ethyl adjacent to an activating group) is 2. The van der Waals surface area contributed by atoms with Crippen molar-refractivity contribution in [1.29, 1.82) is 0 Å². The van der Waals surface area contributed by atoms with Gasteiger partial charge in [-0.1, -0.05) is 272 Å². The summed E-state index contributed by atoms with van der Waals surface area (Å²) in [6.07, 6.45) is 27.1. The summed E-state index contributed by atoms with van der Waals surface area (Å²) >= 11 is 0. The summed E-state index contributed by atoms with van der Waals surface area (Å²) in [6.45, 7) is 6.15. The van der Waals surface area contributed by atoms with Crippen molar-refractivity contribution in [2.24, 2.45) is 0 Å². The molecule has 24 nitrogen and oxygen atoms in total. The van der Waals surface area contributed by atoms with E-state index in [1.165, 1.54) is 177 Å². The number of carbonyl (C=O) groups excluding carboxylic acids is 4. The maximum absolute atomic E-state index is 13.1. The van der Waals surface area contributed by atoms with Crippen LogP contribution in [0.25, 0.3) is 0 Å². The molecule has 2 aliphatic rings. The fourth-order valence-electron chi connectivity index (χ4n) is 12.8. The van der Waals surface area contributed by atoms with Gasteiger partial charge < -0.3 is 101 Å². The van der Waals surface area contributed by atoms with Gasteiger partial charge in [0.2, 0.25) is 23.6 Å². The van der Waals surface area contributed by atoms with Gasteiger partial charge in [-0.15, -0.1) is 0 Å². The summed E-state index contributed by atoms with van der Waals surface area (Å²) in [5.74, 6) is -1.45. The highest BCUT2D eigenvalue weighted by atomic mass is 16.7. The highest BCUT2D eigenvalue weighted by molar-refractivity contribution is 5.85. The Balaban J connectivity index is 0.00000101. The number of aliphatic hydroxyl groups is 12. The van der Waals surface area contributed by atoms with Crippen LogP contribution >= 0.6 is 0 Å². The molecule has 100 heavy (non-hydrogen) atoms. The minimum atomic E-state index is -1.66. The summed E-state index contributed by atoms with van der Waals surface area (Å²) in [5.41, 5.74) is 0. The van der Waals surface area contributed by atoms with Crippen molar-refractivity contribution < 1.29 is 99.4 Å². The summed E-state index contributed by atoms with van der Waals surface area (Å²) < 4.78 is 22.1. The summed E-state index contributed by atoms with van der Waals surface area (Å²) in [6, 6.07) is -2.28. The normalized spacial score (nSPS) is 22.6. The smallest absolute Gasteiger partial charge is 0.240 e. The van der Waals surface area contributed by atoms with E-state index in [2.05, 4.69) is 38.3 Å². The molecule has 0 aromatic heterocycles. The van der Waals surface area contributed by atoms with Gasteiger partial charge >= 0.3 is 0 Å². The minimum absolute atomic E-state index is 0.156. The summed E-state index contributed by atoms with van der Waals surface area (Å²) in [7, 11) is 3.08. The average Bonchev–Trinajstić information content (AvgIpc) is 0.825. The van der Waals surface area contributed by atoms with E-state index in [-0.39, 0.29) is 24.9 Å². The van der Waals surface area contributed by atoms with E-state index < -0.39 is 136 Å². The lowest BCUT2D eigenvalue weighted by atomic mass is 9.98. The lowest BCUT2D eigenvalue weighted by Crippen LogP contribution is -2.60. The fourth-order valence-corrected chi connectivity index (χ4v) is 12.8. The van der Waals surface area contributed by atoms with Gasteiger partial charge in [0.1, 0.15) is 61.0 Å². The molecule has 0 aromatic carbocycles. The molecular formula is C76H148N4O20. The maximum Gasteiger partial charge on any atom is 0.240 e. The van der Waals surface area contributed by atoms with Crippen molar-refractivity contribution in [3.8, 4) is 0 Å². The van der Waals surface area contributed by atoms with Crippen LogP contribution in [0.15, 0.2) is 0 Å².